The molecule has 2 aromatic rings. The number of carbonyl (C=O) groups excluding carboxylic acids is 1. The van der Waals surface area contributed by atoms with Gasteiger partial charge in [-0.1, -0.05) is 30.3 Å². The highest BCUT2D eigenvalue weighted by Gasteiger charge is 2.07. The molecule has 23 heavy (non-hydrogen) atoms. The summed E-state index contributed by atoms with van der Waals surface area (Å²) in [6.07, 6.45) is 0. The molecule has 2 rings (SSSR count). The van der Waals surface area contributed by atoms with Gasteiger partial charge in [0.25, 0.3) is 0 Å². The van der Waals surface area contributed by atoms with E-state index < -0.39 is 0 Å². The fraction of sp³-hybridized carbons (Fsp3) is 0.278. The Morgan fingerprint density at radius 1 is 1.04 bits per heavy atom. The van der Waals surface area contributed by atoms with Crippen LogP contribution in [0.2, 0.25) is 0 Å². The van der Waals surface area contributed by atoms with Gasteiger partial charge in [-0.15, -0.1) is 0 Å². The van der Waals surface area contributed by atoms with Crippen LogP contribution in [-0.4, -0.2) is 26.2 Å². The zero-order chi connectivity index (χ0) is 16.5. The van der Waals surface area contributed by atoms with Crippen molar-refractivity contribution >= 4 is 11.6 Å². The summed E-state index contributed by atoms with van der Waals surface area (Å²) in [5.74, 6) is 1.36. The average molecular weight is 314 g/mol. The minimum atomic E-state index is -0.118. The van der Waals surface area contributed by atoms with Gasteiger partial charge in [0.1, 0.15) is 11.5 Å². The molecule has 2 N–H and O–H groups in total. The van der Waals surface area contributed by atoms with Gasteiger partial charge in [0.2, 0.25) is 5.91 Å². The van der Waals surface area contributed by atoms with Crippen LogP contribution in [0.3, 0.4) is 0 Å². The topological polar surface area (TPSA) is 59.6 Å². The molecule has 0 saturated heterocycles. The fourth-order valence-electron chi connectivity index (χ4n) is 2.21. The maximum Gasteiger partial charge on any atom is 0.238 e. The van der Waals surface area contributed by atoms with E-state index in [1.165, 1.54) is 0 Å². The molecular formula is C18H22N2O3. The number of benzene rings is 2. The molecule has 0 atom stereocenters. The Hall–Kier alpha value is -2.53. The van der Waals surface area contributed by atoms with Crippen molar-refractivity contribution in [3.05, 3.63) is 54.1 Å². The summed E-state index contributed by atoms with van der Waals surface area (Å²) in [5.41, 5.74) is 1.69. The standard InChI is InChI=1S/C18H22N2O3/c1-3-23-17-11-7-5-9-15(17)20-18(21)13-19-12-14-8-4-6-10-16(14)22-2/h4-11,19H,3,12-13H2,1-2H3,(H,20,21). The highest BCUT2D eigenvalue weighted by molar-refractivity contribution is 5.93. The summed E-state index contributed by atoms with van der Waals surface area (Å²) in [7, 11) is 1.64. The summed E-state index contributed by atoms with van der Waals surface area (Å²) in [6.45, 7) is 3.23. The van der Waals surface area contributed by atoms with Crippen molar-refractivity contribution in [2.75, 3.05) is 25.6 Å². The Labute approximate surface area is 136 Å². The van der Waals surface area contributed by atoms with E-state index in [0.717, 1.165) is 11.3 Å². The lowest BCUT2D eigenvalue weighted by molar-refractivity contribution is -0.115. The minimum Gasteiger partial charge on any atom is -0.496 e. The summed E-state index contributed by atoms with van der Waals surface area (Å²) in [6, 6.07) is 15.1. The van der Waals surface area contributed by atoms with E-state index in [1.807, 2.05) is 55.5 Å². The molecule has 0 aliphatic carbocycles. The fourth-order valence-corrected chi connectivity index (χ4v) is 2.21. The molecule has 0 fully saturated rings. The van der Waals surface area contributed by atoms with E-state index in [-0.39, 0.29) is 12.5 Å². The molecule has 0 bridgehead atoms. The SMILES string of the molecule is CCOc1ccccc1NC(=O)CNCc1ccccc1OC. The highest BCUT2D eigenvalue weighted by atomic mass is 16.5. The highest BCUT2D eigenvalue weighted by Crippen LogP contribution is 2.23. The van der Waals surface area contributed by atoms with Gasteiger partial charge in [0.15, 0.2) is 0 Å². The largest absolute Gasteiger partial charge is 0.496 e. The maximum absolute atomic E-state index is 12.1. The van der Waals surface area contributed by atoms with Gasteiger partial charge in [-0.05, 0) is 25.1 Å². The number of carbonyl (C=O) groups is 1. The molecule has 0 unspecified atom stereocenters. The Kier molecular flexibility index (Phi) is 6.44. The van der Waals surface area contributed by atoms with Crippen molar-refractivity contribution in [2.45, 2.75) is 13.5 Å². The van der Waals surface area contributed by atoms with Crippen LogP contribution in [0.4, 0.5) is 5.69 Å². The lowest BCUT2D eigenvalue weighted by atomic mass is 10.2. The first-order chi connectivity index (χ1) is 11.2. The second-order valence-corrected chi connectivity index (χ2v) is 4.89. The third-order valence-corrected chi connectivity index (χ3v) is 3.25. The molecule has 5 nitrogen and oxygen atoms in total. The normalized spacial score (nSPS) is 10.2. The van der Waals surface area contributed by atoms with Gasteiger partial charge in [0.05, 0.1) is 25.9 Å². The molecule has 0 radical (unpaired) electrons. The van der Waals surface area contributed by atoms with Crippen molar-refractivity contribution in [1.29, 1.82) is 0 Å². The summed E-state index contributed by atoms with van der Waals surface area (Å²) >= 11 is 0. The molecule has 0 aliphatic heterocycles. The molecule has 5 heteroatoms. The molecule has 2 aromatic carbocycles. The Morgan fingerprint density at radius 2 is 1.74 bits per heavy atom. The molecule has 0 heterocycles. The predicted octanol–water partition coefficient (Wildman–Crippen LogP) is 2.82. The van der Waals surface area contributed by atoms with Crippen LogP contribution in [0.25, 0.3) is 0 Å². The van der Waals surface area contributed by atoms with E-state index >= 15 is 0 Å². The summed E-state index contributed by atoms with van der Waals surface area (Å²) < 4.78 is 10.8. The first-order valence-corrected chi connectivity index (χ1v) is 7.59. The third-order valence-electron chi connectivity index (χ3n) is 3.25. The number of para-hydroxylation sites is 3. The van der Waals surface area contributed by atoms with Crippen molar-refractivity contribution in [3.8, 4) is 11.5 Å². The van der Waals surface area contributed by atoms with Gasteiger partial charge in [-0.25, -0.2) is 0 Å². The average Bonchev–Trinajstić information content (AvgIpc) is 2.57. The summed E-state index contributed by atoms with van der Waals surface area (Å²) in [5, 5.41) is 5.97. The number of anilines is 1. The van der Waals surface area contributed by atoms with E-state index in [2.05, 4.69) is 10.6 Å². The number of ether oxygens (including phenoxy) is 2. The van der Waals surface area contributed by atoms with Crippen LogP contribution in [-0.2, 0) is 11.3 Å². The quantitative estimate of drug-likeness (QED) is 0.786. The van der Waals surface area contributed by atoms with Crippen LogP contribution in [0.5, 0.6) is 11.5 Å². The van der Waals surface area contributed by atoms with Gasteiger partial charge in [0, 0.05) is 12.1 Å². The molecule has 0 aliphatic rings. The van der Waals surface area contributed by atoms with Crippen LogP contribution in [0.1, 0.15) is 12.5 Å². The minimum absolute atomic E-state index is 0.118. The molecule has 0 spiro atoms. The second-order valence-electron chi connectivity index (χ2n) is 4.89. The summed E-state index contributed by atoms with van der Waals surface area (Å²) in [4.78, 5) is 12.1. The first kappa shape index (κ1) is 16.8. The van der Waals surface area contributed by atoms with Crippen LogP contribution in [0, 0.1) is 0 Å². The van der Waals surface area contributed by atoms with Crippen molar-refractivity contribution < 1.29 is 14.3 Å². The Bertz CT molecular complexity index is 644. The van der Waals surface area contributed by atoms with Crippen LogP contribution >= 0.6 is 0 Å². The number of nitrogens with one attached hydrogen (secondary N) is 2. The lowest BCUT2D eigenvalue weighted by Crippen LogP contribution is -2.28. The number of hydrogen-bond acceptors (Lipinski definition) is 4. The van der Waals surface area contributed by atoms with Crippen LogP contribution < -0.4 is 20.1 Å². The van der Waals surface area contributed by atoms with Gasteiger partial charge in [-0.3, -0.25) is 4.79 Å². The van der Waals surface area contributed by atoms with Crippen molar-refractivity contribution in [3.63, 3.8) is 0 Å². The molecule has 0 saturated carbocycles. The molecule has 122 valence electrons. The number of amides is 1. The molecular weight excluding hydrogens is 292 g/mol. The molecule has 0 aromatic heterocycles. The van der Waals surface area contributed by atoms with Crippen molar-refractivity contribution in [1.82, 2.24) is 5.32 Å². The Morgan fingerprint density at radius 3 is 2.48 bits per heavy atom. The van der Waals surface area contributed by atoms with Crippen LogP contribution in [0.15, 0.2) is 48.5 Å². The van der Waals surface area contributed by atoms with Gasteiger partial charge >= 0.3 is 0 Å². The third kappa shape index (κ3) is 5.00. The molecule has 1 amide bonds. The lowest BCUT2D eigenvalue weighted by Gasteiger charge is -2.12. The van der Waals surface area contributed by atoms with E-state index in [4.69, 9.17) is 9.47 Å². The number of methoxy groups -OCH3 is 1. The van der Waals surface area contributed by atoms with Gasteiger partial charge in [-0.2, -0.15) is 0 Å². The zero-order valence-electron chi connectivity index (χ0n) is 13.5. The van der Waals surface area contributed by atoms with E-state index in [9.17, 15) is 4.79 Å². The maximum atomic E-state index is 12.1. The first-order valence-electron chi connectivity index (χ1n) is 7.59. The monoisotopic (exact) mass is 314 g/mol. The Balaban J connectivity index is 1.86. The second kappa shape index (κ2) is 8.80. The van der Waals surface area contributed by atoms with Gasteiger partial charge < -0.3 is 20.1 Å². The van der Waals surface area contributed by atoms with E-state index in [0.29, 0.717) is 24.6 Å². The van der Waals surface area contributed by atoms with E-state index in [1.54, 1.807) is 7.11 Å². The smallest absolute Gasteiger partial charge is 0.238 e. The zero-order valence-corrected chi connectivity index (χ0v) is 13.5. The van der Waals surface area contributed by atoms with Crippen molar-refractivity contribution in [2.24, 2.45) is 0 Å². The number of rotatable bonds is 8. The number of hydrogen-bond donors (Lipinski definition) is 2. The predicted molar refractivity (Wildman–Crippen MR) is 90.9 cm³/mol.